The third kappa shape index (κ3) is 10.8. The summed E-state index contributed by atoms with van der Waals surface area (Å²) >= 11 is 5.82. The summed E-state index contributed by atoms with van der Waals surface area (Å²) in [6.45, 7) is -0.246. The smallest absolute Gasteiger partial charge is 0.313 e. The van der Waals surface area contributed by atoms with Crippen LogP contribution >= 0.6 is 11.6 Å². The molecule has 0 aliphatic carbocycles. The van der Waals surface area contributed by atoms with Crippen LogP contribution in [0.1, 0.15) is 15.9 Å². The van der Waals surface area contributed by atoms with Crippen LogP contribution in [0.5, 0.6) is 5.75 Å². The number of halogens is 3. The Morgan fingerprint density at radius 1 is 0.776 bits per heavy atom. The van der Waals surface area contributed by atoms with Gasteiger partial charge in [-0.25, -0.2) is 0 Å². The first kappa shape index (κ1) is 49.6. The molecule has 0 bridgehead atoms. The van der Waals surface area contributed by atoms with E-state index in [1.807, 2.05) is 0 Å². The van der Waals surface area contributed by atoms with Crippen LogP contribution in [-0.2, 0) is 36.9 Å². The van der Waals surface area contributed by atoms with Crippen molar-refractivity contribution in [2.24, 2.45) is 10.2 Å². The minimum absolute atomic E-state index is 0. The largest absolute Gasteiger partial charge is 0.505 e. The van der Waals surface area contributed by atoms with Gasteiger partial charge in [0.15, 0.2) is 11.6 Å². The summed E-state index contributed by atoms with van der Waals surface area (Å²) in [6.07, 6.45) is -1.42. The number of aromatic hydroxyl groups is 1. The summed E-state index contributed by atoms with van der Waals surface area (Å²) < 4.78 is 132. The molecule has 0 saturated heterocycles. The van der Waals surface area contributed by atoms with Gasteiger partial charge in [0, 0.05) is 112 Å². The molecule has 0 aliphatic rings. The fourth-order valence-corrected chi connectivity index (χ4v) is 7.65. The summed E-state index contributed by atoms with van der Waals surface area (Å²) in [5, 5.41) is 22.4. The monoisotopic (exact) mass is 903 g/mol. The quantitative estimate of drug-likeness (QED) is 0.0335. The number of nitrogens with one attached hydrogen (secondary N) is 2. The SMILES string of the molecule is O=C(Nc1cc(S(=O)(=O)O)cc2cc(S(=O)(=O)O)c(N=Nc3ccc4c(CNc5nc(F)nc(F)c5Cl)cccc4c3S(=O)(=O)O)c(O)c12)c1ccccc1.[Na].[Na].[Na]. The molecule has 6 aromatic rings. The minimum atomic E-state index is -5.35. The van der Waals surface area contributed by atoms with Gasteiger partial charge in [0.05, 0.1) is 10.6 Å². The Balaban J connectivity index is 0.00000300. The fourth-order valence-electron chi connectivity index (χ4n) is 5.47. The van der Waals surface area contributed by atoms with Crippen LogP contribution in [0.3, 0.4) is 0 Å². The molecule has 3 radical (unpaired) electrons. The maximum Gasteiger partial charge on any atom is 0.313 e. The Hall–Kier alpha value is -2.75. The number of aromatic nitrogens is 2. The van der Waals surface area contributed by atoms with E-state index in [4.69, 9.17) is 11.6 Å². The second kappa shape index (κ2) is 19.3. The first-order chi connectivity index (χ1) is 25.7. The van der Waals surface area contributed by atoms with Crippen LogP contribution in [0.25, 0.3) is 21.5 Å². The number of hydrogen-bond acceptors (Lipinski definition) is 13. The van der Waals surface area contributed by atoms with Crippen molar-refractivity contribution in [2.75, 3.05) is 10.6 Å². The molecule has 1 amide bonds. The summed E-state index contributed by atoms with van der Waals surface area (Å²) in [4.78, 5) is 16.4. The Morgan fingerprint density at radius 2 is 1.45 bits per heavy atom. The number of anilines is 2. The zero-order valence-corrected chi connectivity index (χ0v) is 39.2. The molecule has 0 spiro atoms. The number of azo groups is 1. The van der Waals surface area contributed by atoms with Crippen molar-refractivity contribution in [1.82, 2.24) is 9.97 Å². The molecule has 1 aromatic heterocycles. The normalized spacial score (nSPS) is 11.8. The predicted octanol–water partition coefficient (Wildman–Crippen LogP) is 5.30. The number of benzene rings is 5. The topological polar surface area (TPSA) is 275 Å². The summed E-state index contributed by atoms with van der Waals surface area (Å²) in [5.41, 5.74) is -1.77. The molecule has 26 heteroatoms. The van der Waals surface area contributed by atoms with Crippen molar-refractivity contribution < 1.29 is 57.6 Å². The van der Waals surface area contributed by atoms with Gasteiger partial charge in [-0.2, -0.15) is 44.0 Å². The second-order valence-corrected chi connectivity index (χ2v) is 15.9. The Kier molecular flexibility index (Phi) is 16.5. The maximum absolute atomic E-state index is 13.8. The standard InChI is InChI=1S/C32H21ClF2N6O11S3.3Na/c33-25-29(34)38-32(35)39-30(25)36-14-16-7-4-8-20-19(16)9-10-21(28(20)55(50,51)52)40-41-26-23(54(47,48)49)12-17-11-18(53(44,45)46)13-22(24(17)27(26)42)37-31(43)15-5-2-1-3-6-15;;;/h1-13,42H,14H2,(H,37,43)(H,36,38,39)(H,44,45,46)(H,47,48,49)(H,50,51,52);;;. The van der Waals surface area contributed by atoms with E-state index in [0.717, 1.165) is 18.2 Å². The molecular formula is C32H21ClF2N6Na3O11S3. The van der Waals surface area contributed by atoms with E-state index in [2.05, 4.69) is 30.8 Å². The zero-order valence-electron chi connectivity index (χ0n) is 30.0. The zero-order chi connectivity index (χ0) is 40.0. The van der Waals surface area contributed by atoms with Gasteiger partial charge < -0.3 is 15.7 Å². The van der Waals surface area contributed by atoms with E-state index in [1.165, 1.54) is 48.5 Å². The van der Waals surface area contributed by atoms with E-state index in [9.17, 15) is 57.6 Å². The second-order valence-electron chi connectivity index (χ2n) is 11.3. The Morgan fingerprint density at radius 3 is 2.07 bits per heavy atom. The van der Waals surface area contributed by atoms with E-state index in [-0.39, 0.29) is 117 Å². The van der Waals surface area contributed by atoms with Crippen LogP contribution in [0, 0.1) is 12.0 Å². The first-order valence-electron chi connectivity index (χ1n) is 15.0. The molecule has 0 saturated carbocycles. The van der Waals surface area contributed by atoms with Gasteiger partial charge >= 0.3 is 6.08 Å². The minimum Gasteiger partial charge on any atom is -0.505 e. The summed E-state index contributed by atoms with van der Waals surface area (Å²) in [5.74, 6) is -3.72. The van der Waals surface area contributed by atoms with Crippen LogP contribution in [0.4, 0.5) is 31.7 Å². The van der Waals surface area contributed by atoms with Gasteiger partial charge in [-0.15, -0.1) is 10.2 Å². The van der Waals surface area contributed by atoms with Crippen molar-refractivity contribution in [1.29, 1.82) is 0 Å². The molecule has 6 rings (SSSR count). The average molecular weight is 904 g/mol. The number of nitrogens with zero attached hydrogens (tertiary/aromatic N) is 4. The fraction of sp³-hybridized carbons (Fsp3) is 0.0312. The number of hydrogen-bond donors (Lipinski definition) is 6. The molecule has 17 nitrogen and oxygen atoms in total. The van der Waals surface area contributed by atoms with Crippen molar-refractivity contribution >= 4 is 181 Å². The molecule has 0 fully saturated rings. The molecule has 0 aliphatic heterocycles. The van der Waals surface area contributed by atoms with E-state index in [0.29, 0.717) is 6.07 Å². The van der Waals surface area contributed by atoms with Crippen molar-refractivity contribution in [2.45, 2.75) is 21.2 Å². The Bertz CT molecular complexity index is 2980. The van der Waals surface area contributed by atoms with E-state index in [1.54, 1.807) is 6.07 Å². The first-order valence-corrected chi connectivity index (χ1v) is 19.6. The van der Waals surface area contributed by atoms with Crippen LogP contribution in [-0.4, -0.2) is 149 Å². The van der Waals surface area contributed by atoms with Gasteiger partial charge in [-0.05, 0) is 52.7 Å². The molecule has 0 unspecified atom stereocenters. The number of rotatable bonds is 10. The van der Waals surface area contributed by atoms with Gasteiger partial charge in [-0.3, -0.25) is 18.5 Å². The van der Waals surface area contributed by atoms with Crippen LogP contribution < -0.4 is 10.6 Å². The number of fused-ring (bicyclic) bond motifs is 2. The summed E-state index contributed by atoms with van der Waals surface area (Å²) in [7, 11) is -15.5. The molecule has 287 valence electrons. The molecule has 0 atom stereocenters. The maximum atomic E-state index is 13.8. The Labute approximate surface area is 398 Å². The van der Waals surface area contributed by atoms with Gasteiger partial charge in [0.1, 0.15) is 26.2 Å². The van der Waals surface area contributed by atoms with Gasteiger partial charge in [0.25, 0.3) is 36.3 Å². The van der Waals surface area contributed by atoms with Crippen LogP contribution in [0.15, 0.2) is 104 Å². The molecule has 1 heterocycles. The molecule has 6 N–H and O–H groups in total. The number of amides is 1. The molecular weight excluding hydrogens is 883 g/mol. The number of phenols is 1. The number of carbonyl (C=O) groups excluding carboxylic acids is 1. The summed E-state index contributed by atoms with van der Waals surface area (Å²) in [6, 6.07) is 16.0. The molecule has 5 aromatic carbocycles. The third-order valence-corrected chi connectivity index (χ3v) is 10.8. The third-order valence-electron chi connectivity index (χ3n) is 7.81. The number of phenolic OH excluding ortho intramolecular Hbond substituents is 1. The average Bonchev–Trinajstić information content (AvgIpc) is 3.10. The van der Waals surface area contributed by atoms with Crippen molar-refractivity contribution in [3.05, 3.63) is 107 Å². The van der Waals surface area contributed by atoms with Crippen molar-refractivity contribution in [3.63, 3.8) is 0 Å². The van der Waals surface area contributed by atoms with E-state index >= 15 is 0 Å². The predicted molar refractivity (Wildman–Crippen MR) is 209 cm³/mol. The molecule has 58 heavy (non-hydrogen) atoms. The van der Waals surface area contributed by atoms with Gasteiger partial charge in [0.2, 0.25) is 5.95 Å². The van der Waals surface area contributed by atoms with Crippen LogP contribution in [0.2, 0.25) is 5.02 Å². The van der Waals surface area contributed by atoms with Gasteiger partial charge in [-0.1, -0.05) is 54.1 Å². The van der Waals surface area contributed by atoms with E-state index < -0.39 is 107 Å². The van der Waals surface area contributed by atoms with Crippen molar-refractivity contribution in [3.8, 4) is 5.75 Å². The number of carbonyl (C=O) groups is 1.